The lowest BCUT2D eigenvalue weighted by Crippen LogP contribution is -2.36. The number of aromatic nitrogens is 4. The van der Waals surface area contributed by atoms with Crippen LogP contribution in [0.25, 0.3) is 38.3 Å². The van der Waals surface area contributed by atoms with Gasteiger partial charge in [0, 0.05) is 39.8 Å². The van der Waals surface area contributed by atoms with Crippen molar-refractivity contribution in [2.24, 2.45) is 0 Å². The summed E-state index contributed by atoms with van der Waals surface area (Å²) in [6.07, 6.45) is 7.49. The second-order valence-electron chi connectivity index (χ2n) is 11.6. The number of halogens is 2. The Bertz CT molecular complexity index is 2170. The van der Waals surface area contributed by atoms with Gasteiger partial charge in [0.05, 0.1) is 50.7 Å². The van der Waals surface area contributed by atoms with Crippen LogP contribution in [0.1, 0.15) is 47.2 Å². The van der Waals surface area contributed by atoms with Gasteiger partial charge in [0.25, 0.3) is 5.56 Å². The van der Waals surface area contributed by atoms with Crippen LogP contribution in [0.4, 0.5) is 4.39 Å². The number of thiophene rings is 1. The Morgan fingerprint density at radius 3 is 2.81 bits per heavy atom. The molecule has 10 nitrogen and oxygen atoms in total. The fourth-order valence-electron chi connectivity index (χ4n) is 5.82. The first-order valence-corrected chi connectivity index (χ1v) is 16.2. The monoisotopic (exact) mass is 672 g/mol. The van der Waals surface area contributed by atoms with E-state index in [4.69, 9.17) is 16.3 Å². The molecule has 1 N–H and O–H groups in total. The van der Waals surface area contributed by atoms with Crippen molar-refractivity contribution < 1.29 is 19.0 Å². The van der Waals surface area contributed by atoms with Gasteiger partial charge in [-0.15, -0.1) is 11.3 Å². The van der Waals surface area contributed by atoms with E-state index in [0.717, 1.165) is 18.4 Å². The van der Waals surface area contributed by atoms with Crippen LogP contribution in [0.3, 0.4) is 0 Å². The fraction of sp³-hybridized carbons (Fsp3) is 0.294. The van der Waals surface area contributed by atoms with Crippen LogP contribution in [0.15, 0.2) is 52.9 Å². The molecule has 0 bridgehead atoms. The molecule has 240 valence electrons. The van der Waals surface area contributed by atoms with E-state index in [2.05, 4.69) is 21.0 Å². The van der Waals surface area contributed by atoms with Gasteiger partial charge in [-0.2, -0.15) is 5.26 Å². The molecule has 1 saturated carbocycles. The molecule has 1 aliphatic carbocycles. The van der Waals surface area contributed by atoms with Crippen molar-refractivity contribution in [2.75, 3.05) is 20.2 Å². The Hall–Kier alpha value is -4.70. The summed E-state index contributed by atoms with van der Waals surface area (Å²) >= 11 is 7.63. The SMILES string of the molecule is Cc1nc2cnc(/C=C/C3(N(C)CC(C)F)CC3)c(C#N)c2c(=O)n1CCOc1ccc(Cl)cc1-c1ccnc2c(C(=O)O)csc12. The first-order chi connectivity index (χ1) is 22.5. The average molecular weight is 673 g/mol. The van der Waals surface area contributed by atoms with Gasteiger partial charge in [0.15, 0.2) is 0 Å². The molecule has 5 aromatic rings. The Labute approximate surface area is 278 Å². The highest BCUT2D eigenvalue weighted by Crippen LogP contribution is 2.43. The molecule has 1 aliphatic rings. The van der Waals surface area contributed by atoms with Gasteiger partial charge in [0.1, 0.15) is 30.4 Å². The van der Waals surface area contributed by atoms with Crippen molar-refractivity contribution in [3.63, 3.8) is 0 Å². The summed E-state index contributed by atoms with van der Waals surface area (Å²) in [7, 11) is 1.88. The van der Waals surface area contributed by atoms with E-state index < -0.39 is 12.1 Å². The van der Waals surface area contributed by atoms with Gasteiger partial charge in [-0.1, -0.05) is 17.7 Å². The number of pyridine rings is 2. The number of fused-ring (bicyclic) bond motifs is 2. The number of nitriles is 1. The predicted molar refractivity (Wildman–Crippen MR) is 180 cm³/mol. The minimum atomic E-state index is -1.06. The summed E-state index contributed by atoms with van der Waals surface area (Å²) in [6, 6.07) is 9.08. The van der Waals surface area contributed by atoms with Crippen molar-refractivity contribution in [3.8, 4) is 22.9 Å². The maximum absolute atomic E-state index is 13.8. The number of rotatable bonds is 11. The van der Waals surface area contributed by atoms with Crippen LogP contribution in [0.5, 0.6) is 5.75 Å². The topological polar surface area (TPSA) is 134 Å². The van der Waals surface area contributed by atoms with Crippen LogP contribution in [-0.2, 0) is 6.54 Å². The summed E-state index contributed by atoms with van der Waals surface area (Å²) < 4.78 is 22.0. The molecule has 0 amide bonds. The highest BCUT2D eigenvalue weighted by molar-refractivity contribution is 7.18. The van der Waals surface area contributed by atoms with Crippen LogP contribution in [-0.4, -0.2) is 67.4 Å². The molecule has 1 unspecified atom stereocenters. The number of nitrogens with zero attached hydrogens (tertiary/aromatic N) is 6. The van der Waals surface area contributed by atoms with Crippen LogP contribution >= 0.6 is 22.9 Å². The molecule has 4 aromatic heterocycles. The van der Waals surface area contributed by atoms with Gasteiger partial charge in [-0.25, -0.2) is 14.2 Å². The number of ether oxygens (including phenoxy) is 1. The molecular weight excluding hydrogens is 643 g/mol. The predicted octanol–water partition coefficient (Wildman–Crippen LogP) is 6.51. The molecule has 47 heavy (non-hydrogen) atoms. The number of hydrogen-bond acceptors (Lipinski definition) is 9. The number of aromatic carboxylic acids is 1. The largest absolute Gasteiger partial charge is 0.491 e. The van der Waals surface area contributed by atoms with E-state index in [-0.39, 0.29) is 40.8 Å². The molecule has 0 aliphatic heterocycles. The highest BCUT2D eigenvalue weighted by Gasteiger charge is 2.44. The van der Waals surface area contributed by atoms with Gasteiger partial charge in [0.2, 0.25) is 0 Å². The Kier molecular flexibility index (Phi) is 8.80. The van der Waals surface area contributed by atoms with Crippen molar-refractivity contribution in [1.82, 2.24) is 24.4 Å². The number of carbonyl (C=O) groups is 1. The zero-order valence-electron chi connectivity index (χ0n) is 25.8. The van der Waals surface area contributed by atoms with Gasteiger partial charge < -0.3 is 9.84 Å². The lowest BCUT2D eigenvalue weighted by Gasteiger charge is -2.25. The van der Waals surface area contributed by atoms with Crippen LogP contribution in [0, 0.1) is 18.3 Å². The second kappa shape index (κ2) is 12.8. The van der Waals surface area contributed by atoms with Crippen molar-refractivity contribution in [3.05, 3.63) is 86.1 Å². The Morgan fingerprint density at radius 2 is 2.11 bits per heavy atom. The maximum Gasteiger partial charge on any atom is 0.338 e. The first-order valence-electron chi connectivity index (χ1n) is 14.9. The fourth-order valence-corrected chi connectivity index (χ4v) is 7.02. The summed E-state index contributed by atoms with van der Waals surface area (Å²) in [4.78, 5) is 40.8. The average Bonchev–Trinajstić information content (AvgIpc) is 3.71. The number of aryl methyl sites for hydroxylation is 1. The number of hydrogen-bond donors (Lipinski definition) is 1. The number of benzene rings is 1. The third-order valence-electron chi connectivity index (χ3n) is 8.42. The van der Waals surface area contributed by atoms with E-state index in [1.54, 1.807) is 48.8 Å². The zero-order chi connectivity index (χ0) is 33.5. The number of alkyl halides is 1. The molecule has 13 heteroatoms. The number of carboxylic acids is 1. The van der Waals surface area contributed by atoms with Crippen molar-refractivity contribution in [2.45, 2.75) is 44.9 Å². The lowest BCUT2D eigenvalue weighted by molar-refractivity contribution is 0.0699. The summed E-state index contributed by atoms with van der Waals surface area (Å²) in [5, 5.41) is 21.9. The first kappa shape index (κ1) is 32.2. The van der Waals surface area contributed by atoms with E-state index in [1.165, 1.54) is 29.0 Å². The molecule has 0 radical (unpaired) electrons. The van der Waals surface area contributed by atoms with Gasteiger partial charge >= 0.3 is 5.97 Å². The second-order valence-corrected chi connectivity index (χ2v) is 12.9. The quantitative estimate of drug-likeness (QED) is 0.167. The maximum atomic E-state index is 13.8. The third-order valence-corrected chi connectivity index (χ3v) is 9.66. The van der Waals surface area contributed by atoms with Gasteiger partial charge in [-0.3, -0.25) is 24.2 Å². The summed E-state index contributed by atoms with van der Waals surface area (Å²) in [5.74, 6) is -0.137. The molecular formula is C34H30ClFN6O4S. The molecule has 4 heterocycles. The van der Waals surface area contributed by atoms with E-state index in [9.17, 15) is 24.3 Å². The van der Waals surface area contributed by atoms with E-state index in [0.29, 0.717) is 50.1 Å². The van der Waals surface area contributed by atoms with Crippen molar-refractivity contribution in [1.29, 1.82) is 5.26 Å². The molecule has 1 atom stereocenters. The zero-order valence-corrected chi connectivity index (χ0v) is 27.4. The summed E-state index contributed by atoms with van der Waals surface area (Å²) in [5.41, 5.74) is 1.98. The van der Waals surface area contributed by atoms with Crippen molar-refractivity contribution >= 4 is 56.1 Å². The van der Waals surface area contributed by atoms with E-state index in [1.807, 2.05) is 18.0 Å². The number of carboxylic acid groups (broad SMARTS) is 1. The molecule has 0 spiro atoms. The number of likely N-dealkylation sites (N-methyl/N-ethyl adjacent to an activating group) is 1. The van der Waals surface area contributed by atoms with E-state index >= 15 is 0 Å². The molecule has 6 rings (SSSR count). The smallest absolute Gasteiger partial charge is 0.338 e. The normalized spacial score (nSPS) is 14.6. The Balaban J connectivity index is 1.29. The van der Waals surface area contributed by atoms with Crippen LogP contribution < -0.4 is 10.3 Å². The van der Waals surface area contributed by atoms with Gasteiger partial charge in [-0.05, 0) is 64.1 Å². The standard InChI is InChI=1S/C34H30ClFN6O4S/c1-19(36)17-41(3)34(9-10-34)8-6-26-24(15-37)29-27(16-39-26)40-20(2)42(32(29)43)12-13-46-28-5-4-21(35)14-23(28)22-7-11-38-30-25(33(44)45)18-47-31(22)30/h4-8,11,14,16,18-19H,9-10,12-13,17H2,1-3H3,(H,44,45)/b8-6+. The lowest BCUT2D eigenvalue weighted by atomic mass is 10.0. The molecule has 0 saturated heterocycles. The summed E-state index contributed by atoms with van der Waals surface area (Å²) in [6.45, 7) is 3.74. The third kappa shape index (κ3) is 6.22. The molecule has 1 fully saturated rings. The Morgan fingerprint density at radius 1 is 1.32 bits per heavy atom. The minimum absolute atomic E-state index is 0.0865. The van der Waals surface area contributed by atoms with Crippen LogP contribution in [0.2, 0.25) is 5.02 Å². The minimum Gasteiger partial charge on any atom is -0.491 e. The molecule has 1 aromatic carbocycles. The highest BCUT2D eigenvalue weighted by atomic mass is 35.5.